The first-order valence-electron chi connectivity index (χ1n) is 6.38. The first kappa shape index (κ1) is 14.6. The summed E-state index contributed by atoms with van der Waals surface area (Å²) in [5, 5.41) is 6.02. The zero-order chi connectivity index (χ0) is 13.5. The van der Waals surface area contributed by atoms with Crippen molar-refractivity contribution in [2.45, 2.75) is 33.6 Å². The van der Waals surface area contributed by atoms with E-state index in [1.54, 1.807) is 6.20 Å². The smallest absolute Gasteiger partial charge is 0.254 e. The molecule has 0 atom stereocenters. The second kappa shape index (κ2) is 7.06. The molecule has 1 amide bonds. The summed E-state index contributed by atoms with van der Waals surface area (Å²) < 4.78 is 0. The van der Waals surface area contributed by atoms with Crippen LogP contribution in [0.3, 0.4) is 0 Å². The van der Waals surface area contributed by atoms with Gasteiger partial charge in [-0.2, -0.15) is 0 Å². The van der Waals surface area contributed by atoms with Gasteiger partial charge in [0.1, 0.15) is 5.82 Å². The lowest BCUT2D eigenvalue weighted by Gasteiger charge is -2.12. The van der Waals surface area contributed by atoms with Gasteiger partial charge in [0, 0.05) is 19.3 Å². The zero-order valence-corrected chi connectivity index (χ0v) is 11.6. The molecule has 1 aromatic heterocycles. The number of nitrogens with one attached hydrogen (secondary N) is 2. The van der Waals surface area contributed by atoms with Gasteiger partial charge in [0.25, 0.3) is 5.91 Å². The molecule has 0 bridgehead atoms. The van der Waals surface area contributed by atoms with Crippen LogP contribution in [0.4, 0.5) is 0 Å². The molecule has 100 valence electrons. The van der Waals surface area contributed by atoms with Gasteiger partial charge >= 0.3 is 0 Å². The Bertz CT molecular complexity index is 404. The third-order valence-corrected chi connectivity index (χ3v) is 2.57. The van der Waals surface area contributed by atoms with E-state index in [2.05, 4.69) is 20.6 Å². The van der Waals surface area contributed by atoms with E-state index in [4.69, 9.17) is 0 Å². The van der Waals surface area contributed by atoms with Crippen LogP contribution in [0.2, 0.25) is 0 Å². The van der Waals surface area contributed by atoms with Gasteiger partial charge < -0.3 is 10.6 Å². The standard InChI is InChI=1S/C13H22N4O/c1-5-14-6-7-15-13(18)11-8-16-10(4)17-12(11)9(2)3/h8-9,14H,5-7H2,1-4H3,(H,15,18). The fourth-order valence-electron chi connectivity index (χ4n) is 1.64. The largest absolute Gasteiger partial charge is 0.351 e. The summed E-state index contributed by atoms with van der Waals surface area (Å²) in [5.74, 6) is 0.806. The van der Waals surface area contributed by atoms with Crippen molar-refractivity contribution in [2.75, 3.05) is 19.6 Å². The van der Waals surface area contributed by atoms with Crippen LogP contribution in [0.1, 0.15) is 48.6 Å². The molecule has 0 saturated carbocycles. The van der Waals surface area contributed by atoms with Gasteiger partial charge in [0.05, 0.1) is 11.3 Å². The maximum atomic E-state index is 12.0. The van der Waals surface area contributed by atoms with Crippen LogP contribution in [-0.2, 0) is 0 Å². The van der Waals surface area contributed by atoms with Crippen molar-refractivity contribution in [1.29, 1.82) is 0 Å². The number of aryl methyl sites for hydroxylation is 1. The maximum Gasteiger partial charge on any atom is 0.254 e. The molecular weight excluding hydrogens is 228 g/mol. The van der Waals surface area contributed by atoms with Crippen LogP contribution < -0.4 is 10.6 Å². The summed E-state index contributed by atoms with van der Waals surface area (Å²) >= 11 is 0. The topological polar surface area (TPSA) is 66.9 Å². The van der Waals surface area contributed by atoms with Gasteiger partial charge in [-0.25, -0.2) is 9.97 Å². The van der Waals surface area contributed by atoms with E-state index in [1.807, 2.05) is 27.7 Å². The fraction of sp³-hybridized carbons (Fsp3) is 0.615. The molecule has 0 aliphatic rings. The summed E-state index contributed by atoms with van der Waals surface area (Å²) in [6.07, 6.45) is 1.61. The zero-order valence-electron chi connectivity index (χ0n) is 11.6. The molecule has 2 N–H and O–H groups in total. The molecule has 5 nitrogen and oxygen atoms in total. The number of aromatic nitrogens is 2. The van der Waals surface area contributed by atoms with E-state index in [-0.39, 0.29) is 11.8 Å². The van der Waals surface area contributed by atoms with E-state index in [0.29, 0.717) is 17.9 Å². The van der Waals surface area contributed by atoms with Crippen LogP contribution in [0.25, 0.3) is 0 Å². The monoisotopic (exact) mass is 250 g/mol. The molecule has 0 aliphatic carbocycles. The molecule has 0 aliphatic heterocycles. The Kier molecular flexibility index (Phi) is 5.71. The lowest BCUT2D eigenvalue weighted by molar-refractivity contribution is 0.0951. The second-order valence-corrected chi connectivity index (χ2v) is 4.48. The number of carbonyl (C=O) groups is 1. The Morgan fingerprint density at radius 2 is 2.11 bits per heavy atom. The van der Waals surface area contributed by atoms with E-state index < -0.39 is 0 Å². The Balaban J connectivity index is 2.72. The molecule has 0 fully saturated rings. The molecule has 0 aromatic carbocycles. The Morgan fingerprint density at radius 1 is 1.39 bits per heavy atom. The van der Waals surface area contributed by atoms with Gasteiger partial charge in [0.2, 0.25) is 0 Å². The summed E-state index contributed by atoms with van der Waals surface area (Å²) in [4.78, 5) is 20.5. The third-order valence-electron chi connectivity index (χ3n) is 2.57. The SMILES string of the molecule is CCNCCNC(=O)c1cnc(C)nc1C(C)C. The molecule has 0 saturated heterocycles. The maximum absolute atomic E-state index is 12.0. The quantitative estimate of drug-likeness (QED) is 0.746. The van der Waals surface area contributed by atoms with Crippen LogP contribution in [0, 0.1) is 6.92 Å². The molecule has 18 heavy (non-hydrogen) atoms. The summed E-state index contributed by atoms with van der Waals surface area (Å²) in [7, 11) is 0. The summed E-state index contributed by atoms with van der Waals surface area (Å²) in [6.45, 7) is 10.2. The predicted molar refractivity (Wildman–Crippen MR) is 71.7 cm³/mol. The van der Waals surface area contributed by atoms with Crippen LogP contribution >= 0.6 is 0 Å². The molecule has 1 aromatic rings. The van der Waals surface area contributed by atoms with Crippen LogP contribution in [0.5, 0.6) is 0 Å². The average molecular weight is 250 g/mol. The normalized spacial score (nSPS) is 10.7. The van der Waals surface area contributed by atoms with Crippen molar-refractivity contribution in [3.63, 3.8) is 0 Å². The Labute approximate surface area is 108 Å². The van der Waals surface area contributed by atoms with E-state index in [0.717, 1.165) is 18.8 Å². The van der Waals surface area contributed by atoms with Gasteiger partial charge in [-0.15, -0.1) is 0 Å². The Morgan fingerprint density at radius 3 is 2.72 bits per heavy atom. The van der Waals surface area contributed by atoms with Gasteiger partial charge in [-0.3, -0.25) is 4.79 Å². The molecule has 1 rings (SSSR count). The minimum atomic E-state index is -0.100. The highest BCUT2D eigenvalue weighted by molar-refractivity contribution is 5.95. The van der Waals surface area contributed by atoms with Crippen molar-refractivity contribution in [3.8, 4) is 0 Å². The van der Waals surface area contributed by atoms with Crippen LogP contribution in [-0.4, -0.2) is 35.5 Å². The Hall–Kier alpha value is -1.49. The highest BCUT2D eigenvalue weighted by Gasteiger charge is 2.15. The number of rotatable bonds is 6. The fourth-order valence-corrected chi connectivity index (χ4v) is 1.64. The first-order chi connectivity index (χ1) is 8.56. The minimum absolute atomic E-state index is 0.100. The number of amides is 1. The van der Waals surface area contributed by atoms with Crippen molar-refractivity contribution in [3.05, 3.63) is 23.3 Å². The predicted octanol–water partition coefficient (Wildman–Crippen LogP) is 1.25. The van der Waals surface area contributed by atoms with E-state index >= 15 is 0 Å². The van der Waals surface area contributed by atoms with E-state index in [1.165, 1.54) is 0 Å². The average Bonchev–Trinajstić information content (AvgIpc) is 2.34. The summed E-state index contributed by atoms with van der Waals surface area (Å²) in [5.41, 5.74) is 1.38. The number of hydrogen-bond acceptors (Lipinski definition) is 4. The van der Waals surface area contributed by atoms with Gasteiger partial charge in [-0.05, 0) is 19.4 Å². The summed E-state index contributed by atoms with van der Waals surface area (Å²) in [6, 6.07) is 0. The van der Waals surface area contributed by atoms with Crippen molar-refractivity contribution in [2.24, 2.45) is 0 Å². The highest BCUT2D eigenvalue weighted by atomic mass is 16.1. The molecular formula is C13H22N4O. The van der Waals surface area contributed by atoms with E-state index in [9.17, 15) is 4.79 Å². The number of nitrogens with zero attached hydrogens (tertiary/aromatic N) is 2. The van der Waals surface area contributed by atoms with Crippen molar-refractivity contribution in [1.82, 2.24) is 20.6 Å². The third kappa shape index (κ3) is 4.07. The molecule has 0 radical (unpaired) electrons. The van der Waals surface area contributed by atoms with Crippen molar-refractivity contribution >= 4 is 5.91 Å². The van der Waals surface area contributed by atoms with Crippen LogP contribution in [0.15, 0.2) is 6.20 Å². The second-order valence-electron chi connectivity index (χ2n) is 4.48. The number of likely N-dealkylation sites (N-methyl/N-ethyl adjacent to an activating group) is 1. The molecule has 5 heteroatoms. The lowest BCUT2D eigenvalue weighted by atomic mass is 10.0. The minimum Gasteiger partial charge on any atom is -0.351 e. The molecule has 0 unspecified atom stereocenters. The first-order valence-corrected chi connectivity index (χ1v) is 6.38. The molecule has 0 spiro atoms. The lowest BCUT2D eigenvalue weighted by Crippen LogP contribution is -2.32. The van der Waals surface area contributed by atoms with Gasteiger partial charge in [0.15, 0.2) is 0 Å². The number of carbonyl (C=O) groups excluding carboxylic acids is 1. The number of hydrogen-bond donors (Lipinski definition) is 2. The van der Waals surface area contributed by atoms with Gasteiger partial charge in [-0.1, -0.05) is 20.8 Å². The van der Waals surface area contributed by atoms with Crippen molar-refractivity contribution < 1.29 is 4.79 Å². The molecule has 1 heterocycles. The highest BCUT2D eigenvalue weighted by Crippen LogP contribution is 2.16.